The Morgan fingerprint density at radius 1 is 0.360 bits per heavy atom. The van der Waals surface area contributed by atoms with Crippen LogP contribution in [-0.2, 0) is 55.8 Å². The highest BCUT2D eigenvalue weighted by Crippen LogP contribution is 2.45. The molecule has 0 aliphatic rings. The molecule has 0 aromatic heterocycles. The van der Waals surface area contributed by atoms with E-state index in [1.165, 1.54) is 103 Å². The van der Waals surface area contributed by atoms with Gasteiger partial charge < -0.3 is 34.2 Å². The zero-order valence-corrected chi connectivity index (χ0v) is 49.0. The van der Waals surface area contributed by atoms with Crippen LogP contribution in [0.5, 0.6) is 0 Å². The van der Waals surface area contributed by atoms with Crippen LogP contribution in [0.3, 0.4) is 0 Å². The lowest BCUT2D eigenvalue weighted by Crippen LogP contribution is -2.30. The Labute approximate surface area is 454 Å². The summed E-state index contributed by atoms with van der Waals surface area (Å²) in [7, 11) is -9.74. The van der Waals surface area contributed by atoms with Gasteiger partial charge in [0.2, 0.25) is 0 Å². The minimum Gasteiger partial charge on any atom is -0.463 e. The highest BCUT2D eigenvalue weighted by atomic mass is 31.2. The summed E-state index contributed by atoms with van der Waals surface area (Å²) >= 11 is 0. The average Bonchev–Trinajstić information content (AvgIpc) is 3.38. The Bertz CT molecular complexity index is 1500. The van der Waals surface area contributed by atoms with Gasteiger partial charge in [0.05, 0.1) is 26.4 Å². The molecule has 0 saturated heterocycles. The molecule has 0 aliphatic heterocycles. The van der Waals surface area contributed by atoms with Gasteiger partial charge in [-0.05, 0) is 70.6 Å². The van der Waals surface area contributed by atoms with Crippen molar-refractivity contribution in [3.05, 3.63) is 24.3 Å². The molecule has 4 N–H and O–H groups in total. The fraction of sp³-hybridized carbons (Fsp3) is 0.877. The molecule has 0 aromatic rings. The standard InChI is InChI=1S/C57H108O16P2/c1-4-7-10-13-16-19-22-25-28-31-34-37-40-43-55(60)67-46-52(58)47-69-74(63,64)70-48-53(59)49-71-75(65,66)72-51-54(73-57(62)45-42-39-36-33-30-27-24-21-18-15-12-9-6-3)50-68-56(61)44-41-38-35-32-29-26-23-20-17-14-11-8-5-2/h19-20,22-23,52-54,58-59H,4-18,21,24-51H2,1-3H3,(H,63,64)(H,65,66)/b22-19-,23-20-. The monoisotopic (exact) mass is 1110 g/mol. The van der Waals surface area contributed by atoms with Crippen molar-refractivity contribution in [2.75, 3.05) is 39.6 Å². The first-order valence-electron chi connectivity index (χ1n) is 29.6. The summed E-state index contributed by atoms with van der Waals surface area (Å²) in [5.74, 6) is -1.58. The summed E-state index contributed by atoms with van der Waals surface area (Å²) in [6.45, 7) is 2.62. The number of aliphatic hydroxyl groups excluding tert-OH is 2. The third-order valence-corrected chi connectivity index (χ3v) is 14.6. The maximum Gasteiger partial charge on any atom is 0.472 e. The molecule has 5 atom stereocenters. The third kappa shape index (κ3) is 53.8. The van der Waals surface area contributed by atoms with E-state index in [4.69, 9.17) is 32.3 Å². The van der Waals surface area contributed by atoms with Crippen molar-refractivity contribution in [2.45, 2.75) is 283 Å². The van der Waals surface area contributed by atoms with E-state index in [-0.39, 0.29) is 19.3 Å². The van der Waals surface area contributed by atoms with E-state index in [1.807, 2.05) is 0 Å². The van der Waals surface area contributed by atoms with Gasteiger partial charge in [0.25, 0.3) is 0 Å². The number of rotatable bonds is 57. The highest BCUT2D eigenvalue weighted by Gasteiger charge is 2.29. The second kappa shape index (κ2) is 52.7. The van der Waals surface area contributed by atoms with Gasteiger partial charge >= 0.3 is 33.6 Å². The van der Waals surface area contributed by atoms with Crippen molar-refractivity contribution in [2.24, 2.45) is 0 Å². The number of esters is 3. The van der Waals surface area contributed by atoms with E-state index in [9.17, 15) is 43.5 Å². The largest absolute Gasteiger partial charge is 0.472 e. The topological polar surface area (TPSA) is 231 Å². The lowest BCUT2D eigenvalue weighted by molar-refractivity contribution is -0.161. The van der Waals surface area contributed by atoms with Crippen molar-refractivity contribution < 1.29 is 75.8 Å². The summed E-state index contributed by atoms with van der Waals surface area (Å²) in [6, 6.07) is 0. The summed E-state index contributed by atoms with van der Waals surface area (Å²) in [5, 5.41) is 20.4. The van der Waals surface area contributed by atoms with Gasteiger partial charge in [-0.25, -0.2) is 9.13 Å². The van der Waals surface area contributed by atoms with Crippen LogP contribution in [0.2, 0.25) is 0 Å². The van der Waals surface area contributed by atoms with E-state index in [0.717, 1.165) is 103 Å². The molecule has 0 radical (unpaired) electrons. The van der Waals surface area contributed by atoms with E-state index in [0.29, 0.717) is 19.3 Å². The predicted octanol–water partition coefficient (Wildman–Crippen LogP) is 15.0. The number of phosphoric acid groups is 2. The predicted molar refractivity (Wildman–Crippen MR) is 298 cm³/mol. The summed E-state index contributed by atoms with van der Waals surface area (Å²) < 4.78 is 60.5. The zero-order valence-electron chi connectivity index (χ0n) is 47.2. The molecule has 0 saturated carbocycles. The number of allylic oxidation sites excluding steroid dienone is 4. The SMILES string of the molecule is CCCCCC/C=C\CCCCCCCC(=O)OCC(O)COP(=O)(O)OCC(O)COP(=O)(O)OCC(COC(=O)CCCCCCC/C=C\CCCCCC)OC(=O)CCCCCCCCCCCCCCC. The Kier molecular flexibility index (Phi) is 51.3. The van der Waals surface area contributed by atoms with Crippen LogP contribution >= 0.6 is 15.6 Å². The Morgan fingerprint density at radius 3 is 0.987 bits per heavy atom. The quantitative estimate of drug-likeness (QED) is 0.0146. The zero-order chi connectivity index (χ0) is 55.4. The molecule has 5 unspecified atom stereocenters. The van der Waals surface area contributed by atoms with Crippen molar-refractivity contribution in [1.82, 2.24) is 0 Å². The molecule has 442 valence electrons. The van der Waals surface area contributed by atoms with Crippen molar-refractivity contribution in [1.29, 1.82) is 0 Å². The molecule has 16 nitrogen and oxygen atoms in total. The van der Waals surface area contributed by atoms with Gasteiger partial charge in [-0.1, -0.05) is 199 Å². The van der Waals surface area contributed by atoms with Crippen LogP contribution in [0.25, 0.3) is 0 Å². The lowest BCUT2D eigenvalue weighted by atomic mass is 10.0. The van der Waals surface area contributed by atoms with Gasteiger partial charge in [-0.15, -0.1) is 0 Å². The number of hydrogen-bond acceptors (Lipinski definition) is 14. The molecule has 75 heavy (non-hydrogen) atoms. The van der Waals surface area contributed by atoms with Crippen LogP contribution in [0.4, 0.5) is 0 Å². The van der Waals surface area contributed by atoms with Gasteiger partial charge in [0, 0.05) is 19.3 Å². The minimum atomic E-state index is -4.90. The average molecular weight is 1110 g/mol. The minimum absolute atomic E-state index is 0.111. The smallest absolute Gasteiger partial charge is 0.463 e. The second-order valence-corrected chi connectivity index (χ2v) is 23.1. The summed E-state index contributed by atoms with van der Waals surface area (Å²) in [6.07, 6.45) is 43.9. The lowest BCUT2D eigenvalue weighted by Gasteiger charge is -2.21. The van der Waals surface area contributed by atoms with Crippen molar-refractivity contribution in [3.8, 4) is 0 Å². The fourth-order valence-electron chi connectivity index (χ4n) is 8.03. The fourth-order valence-corrected chi connectivity index (χ4v) is 9.61. The molecule has 0 aliphatic carbocycles. The first-order valence-corrected chi connectivity index (χ1v) is 32.6. The van der Waals surface area contributed by atoms with Crippen LogP contribution in [-0.4, -0.2) is 95.9 Å². The van der Waals surface area contributed by atoms with E-state index >= 15 is 0 Å². The third-order valence-electron chi connectivity index (χ3n) is 12.6. The molecular formula is C57H108O16P2. The second-order valence-electron chi connectivity index (χ2n) is 20.2. The van der Waals surface area contributed by atoms with E-state index in [2.05, 4.69) is 45.1 Å². The Balaban J connectivity index is 4.70. The maximum atomic E-state index is 12.8. The molecule has 0 rings (SSSR count). The van der Waals surface area contributed by atoms with E-state index in [1.54, 1.807) is 0 Å². The van der Waals surface area contributed by atoms with Gasteiger partial charge in [-0.3, -0.25) is 32.5 Å². The number of aliphatic hydroxyl groups is 2. The summed E-state index contributed by atoms with van der Waals surface area (Å²) in [4.78, 5) is 58.0. The van der Waals surface area contributed by atoms with Gasteiger partial charge in [0.15, 0.2) is 6.10 Å². The Hall–Kier alpha value is -1.97. The molecule has 0 aromatic carbocycles. The number of carbonyl (C=O) groups excluding carboxylic acids is 3. The normalized spacial score (nSPS) is 14.7. The molecule has 0 heterocycles. The number of hydrogen-bond donors (Lipinski definition) is 4. The van der Waals surface area contributed by atoms with Crippen molar-refractivity contribution >= 4 is 33.6 Å². The first-order chi connectivity index (χ1) is 36.2. The van der Waals surface area contributed by atoms with Crippen LogP contribution < -0.4 is 0 Å². The highest BCUT2D eigenvalue weighted by molar-refractivity contribution is 7.47. The summed E-state index contributed by atoms with van der Waals surface area (Å²) in [5.41, 5.74) is 0. The number of carbonyl (C=O) groups is 3. The number of phosphoric ester groups is 2. The van der Waals surface area contributed by atoms with Crippen LogP contribution in [0.15, 0.2) is 24.3 Å². The van der Waals surface area contributed by atoms with Crippen LogP contribution in [0, 0.1) is 0 Å². The molecule has 0 spiro atoms. The van der Waals surface area contributed by atoms with Gasteiger partial charge in [0.1, 0.15) is 25.4 Å². The molecule has 0 bridgehead atoms. The first kappa shape index (κ1) is 73.0. The molecule has 0 amide bonds. The van der Waals surface area contributed by atoms with Crippen LogP contribution in [0.1, 0.15) is 265 Å². The Morgan fingerprint density at radius 2 is 0.627 bits per heavy atom. The van der Waals surface area contributed by atoms with Crippen molar-refractivity contribution in [3.63, 3.8) is 0 Å². The molecule has 18 heteroatoms. The number of unbranched alkanes of at least 4 members (excludes halogenated alkanes) is 30. The van der Waals surface area contributed by atoms with E-state index < -0.39 is 91.5 Å². The molecular weight excluding hydrogens is 1000 g/mol. The van der Waals surface area contributed by atoms with Gasteiger partial charge in [-0.2, -0.15) is 0 Å². The maximum absolute atomic E-state index is 12.8. The molecule has 0 fully saturated rings. The number of ether oxygens (including phenoxy) is 3.